The Balaban J connectivity index is 1.47. The molecule has 2 aromatic heterocycles. The standard InChI is InChI=1S/C26H26N4O8/c1-2-26(34)17-6-19-23-15(9-30(19)24(32)16(17)10-36-25(26)33)13(3-4-35-11-28-22(31)8-27)14-5-20-21(38-12-37-20)7-18(14)29-23/h5-7,34H,2-4,8-12,27H2,1H3,(H,28,31)/t26-/m0/s1. The van der Waals surface area contributed by atoms with E-state index in [0.717, 1.165) is 16.5 Å². The van der Waals surface area contributed by atoms with Crippen molar-refractivity contribution in [1.82, 2.24) is 14.9 Å². The van der Waals surface area contributed by atoms with Crippen molar-refractivity contribution < 1.29 is 33.6 Å². The van der Waals surface area contributed by atoms with Gasteiger partial charge >= 0.3 is 5.97 Å². The number of esters is 1. The van der Waals surface area contributed by atoms with Crippen LogP contribution in [-0.2, 0) is 44.2 Å². The Labute approximate surface area is 216 Å². The number of amides is 1. The number of hydrogen-bond acceptors (Lipinski definition) is 10. The zero-order valence-electron chi connectivity index (χ0n) is 20.7. The lowest BCUT2D eigenvalue weighted by Gasteiger charge is -2.31. The van der Waals surface area contributed by atoms with Gasteiger partial charge in [-0.3, -0.25) is 9.59 Å². The maximum absolute atomic E-state index is 13.6. The maximum atomic E-state index is 13.6. The number of carbonyl (C=O) groups excluding carboxylic acids is 2. The summed E-state index contributed by atoms with van der Waals surface area (Å²) in [5.41, 5.74) is 7.07. The molecule has 0 saturated heterocycles. The minimum absolute atomic E-state index is 0.0175. The van der Waals surface area contributed by atoms with E-state index in [-0.39, 0.29) is 68.8 Å². The SMILES string of the molecule is CC[C@@]1(O)C(=O)OCc2c1cc1n(c2=O)Cc2c-1nc1cc3c(cc1c2CCOCNC(=O)CN)OCO3. The average molecular weight is 523 g/mol. The Kier molecular flexibility index (Phi) is 5.82. The highest BCUT2D eigenvalue weighted by molar-refractivity contribution is 5.91. The van der Waals surface area contributed by atoms with Crippen molar-refractivity contribution in [1.29, 1.82) is 0 Å². The van der Waals surface area contributed by atoms with Crippen molar-refractivity contribution in [3.05, 3.63) is 50.8 Å². The van der Waals surface area contributed by atoms with Crippen molar-refractivity contribution in [2.75, 3.05) is 26.7 Å². The van der Waals surface area contributed by atoms with Gasteiger partial charge in [-0.1, -0.05) is 6.92 Å². The van der Waals surface area contributed by atoms with Crippen LogP contribution in [0.3, 0.4) is 0 Å². The fraction of sp³-hybridized carbons (Fsp3) is 0.385. The number of hydrogen-bond donors (Lipinski definition) is 3. The number of benzene rings is 1. The number of carbonyl (C=O) groups is 2. The molecule has 198 valence electrons. The van der Waals surface area contributed by atoms with Crippen molar-refractivity contribution in [2.24, 2.45) is 5.73 Å². The molecule has 0 unspecified atom stereocenters. The molecule has 0 radical (unpaired) electrons. The maximum Gasteiger partial charge on any atom is 0.343 e. The van der Waals surface area contributed by atoms with Gasteiger partial charge in [-0.15, -0.1) is 0 Å². The minimum atomic E-state index is -1.90. The Morgan fingerprint density at radius 3 is 2.76 bits per heavy atom. The van der Waals surface area contributed by atoms with Gasteiger partial charge in [-0.25, -0.2) is 9.78 Å². The molecule has 0 fully saturated rings. The van der Waals surface area contributed by atoms with E-state index in [2.05, 4.69) is 5.32 Å². The molecule has 3 aromatic rings. The van der Waals surface area contributed by atoms with Gasteiger partial charge in [0.15, 0.2) is 17.1 Å². The van der Waals surface area contributed by atoms with Crippen LogP contribution in [0.25, 0.3) is 22.3 Å². The molecule has 0 aliphatic carbocycles. The Morgan fingerprint density at radius 2 is 2.00 bits per heavy atom. The zero-order chi connectivity index (χ0) is 26.6. The highest BCUT2D eigenvalue weighted by atomic mass is 16.7. The summed E-state index contributed by atoms with van der Waals surface area (Å²) < 4.78 is 23.5. The third kappa shape index (κ3) is 3.63. The number of pyridine rings is 2. The number of rotatable bonds is 7. The van der Waals surface area contributed by atoms with Gasteiger partial charge in [0.05, 0.1) is 42.2 Å². The number of ether oxygens (including phenoxy) is 4. The van der Waals surface area contributed by atoms with Gasteiger partial charge in [-0.2, -0.15) is 0 Å². The van der Waals surface area contributed by atoms with Crippen LogP contribution >= 0.6 is 0 Å². The minimum Gasteiger partial charge on any atom is -0.458 e. The van der Waals surface area contributed by atoms with E-state index in [1.54, 1.807) is 23.6 Å². The molecule has 3 aliphatic rings. The number of aromatic nitrogens is 2. The van der Waals surface area contributed by atoms with Crippen LogP contribution in [0.1, 0.15) is 35.6 Å². The van der Waals surface area contributed by atoms with E-state index in [4.69, 9.17) is 29.7 Å². The van der Waals surface area contributed by atoms with Crippen LogP contribution in [-0.4, -0.2) is 53.2 Å². The second-order valence-corrected chi connectivity index (χ2v) is 9.35. The number of aliphatic hydroxyl groups is 1. The fourth-order valence-corrected chi connectivity index (χ4v) is 5.29. The van der Waals surface area contributed by atoms with Crippen LogP contribution in [0.15, 0.2) is 23.0 Å². The van der Waals surface area contributed by atoms with E-state index in [1.807, 2.05) is 6.07 Å². The van der Waals surface area contributed by atoms with Gasteiger partial charge in [0, 0.05) is 22.6 Å². The normalized spacial score (nSPS) is 18.7. The van der Waals surface area contributed by atoms with Crippen molar-refractivity contribution >= 4 is 22.8 Å². The molecule has 12 nitrogen and oxygen atoms in total. The smallest absolute Gasteiger partial charge is 0.343 e. The predicted octanol–water partition coefficient (Wildman–Crippen LogP) is 0.400. The first kappa shape index (κ1) is 24.3. The third-order valence-electron chi connectivity index (χ3n) is 7.35. The number of cyclic esters (lactones) is 1. The van der Waals surface area contributed by atoms with Crippen LogP contribution in [0.4, 0.5) is 0 Å². The monoisotopic (exact) mass is 522 g/mol. The molecule has 1 atom stereocenters. The summed E-state index contributed by atoms with van der Waals surface area (Å²) in [6.07, 6.45) is 0.523. The molecule has 38 heavy (non-hydrogen) atoms. The van der Waals surface area contributed by atoms with Crippen LogP contribution in [0, 0.1) is 0 Å². The van der Waals surface area contributed by atoms with E-state index in [1.165, 1.54) is 0 Å². The number of nitrogens with zero attached hydrogens (tertiary/aromatic N) is 2. The molecule has 0 spiro atoms. The molecule has 3 aliphatic heterocycles. The Bertz CT molecular complexity index is 1570. The topological polar surface area (TPSA) is 164 Å². The van der Waals surface area contributed by atoms with Crippen molar-refractivity contribution in [3.8, 4) is 22.9 Å². The van der Waals surface area contributed by atoms with Crippen LogP contribution < -0.4 is 26.1 Å². The number of fused-ring (bicyclic) bond motifs is 6. The van der Waals surface area contributed by atoms with Crippen molar-refractivity contribution in [3.63, 3.8) is 0 Å². The van der Waals surface area contributed by atoms with E-state index < -0.39 is 11.6 Å². The van der Waals surface area contributed by atoms with Gasteiger partial charge < -0.3 is 39.7 Å². The molecule has 0 bridgehead atoms. The molecule has 5 heterocycles. The second-order valence-electron chi connectivity index (χ2n) is 9.35. The summed E-state index contributed by atoms with van der Waals surface area (Å²) in [5.74, 6) is 0.0825. The molecule has 1 aromatic carbocycles. The summed E-state index contributed by atoms with van der Waals surface area (Å²) in [7, 11) is 0. The quantitative estimate of drug-likeness (QED) is 0.176. The van der Waals surface area contributed by atoms with Crippen LogP contribution in [0.2, 0.25) is 0 Å². The molecule has 6 rings (SSSR count). The molecular formula is C26H26N4O8. The summed E-state index contributed by atoms with van der Waals surface area (Å²) >= 11 is 0. The Hall–Kier alpha value is -4.00. The lowest BCUT2D eigenvalue weighted by molar-refractivity contribution is -0.172. The summed E-state index contributed by atoms with van der Waals surface area (Å²) in [4.78, 5) is 42.3. The van der Waals surface area contributed by atoms with Gasteiger partial charge in [0.1, 0.15) is 13.3 Å². The van der Waals surface area contributed by atoms with E-state index in [9.17, 15) is 19.5 Å². The summed E-state index contributed by atoms with van der Waals surface area (Å²) in [6.45, 7) is 2.01. The fourth-order valence-electron chi connectivity index (χ4n) is 5.29. The zero-order valence-corrected chi connectivity index (χ0v) is 20.7. The molecule has 4 N–H and O–H groups in total. The van der Waals surface area contributed by atoms with Gasteiger partial charge in [0.2, 0.25) is 12.7 Å². The summed E-state index contributed by atoms with van der Waals surface area (Å²) in [6, 6.07) is 5.35. The lowest BCUT2D eigenvalue weighted by Crippen LogP contribution is -2.44. The first-order valence-corrected chi connectivity index (χ1v) is 12.3. The number of nitrogens with one attached hydrogen (secondary N) is 1. The first-order chi connectivity index (χ1) is 18.4. The summed E-state index contributed by atoms with van der Waals surface area (Å²) in [5, 5.41) is 14.5. The molecule has 1 amide bonds. The molecule has 12 heteroatoms. The Morgan fingerprint density at radius 1 is 1.21 bits per heavy atom. The second kappa shape index (κ2) is 9.08. The third-order valence-corrected chi connectivity index (χ3v) is 7.35. The largest absolute Gasteiger partial charge is 0.458 e. The van der Waals surface area contributed by atoms with E-state index >= 15 is 0 Å². The molecular weight excluding hydrogens is 496 g/mol. The lowest BCUT2D eigenvalue weighted by atomic mass is 9.86. The van der Waals surface area contributed by atoms with Crippen molar-refractivity contribution in [2.45, 2.75) is 38.5 Å². The van der Waals surface area contributed by atoms with Gasteiger partial charge in [0.25, 0.3) is 5.56 Å². The predicted molar refractivity (Wildman–Crippen MR) is 132 cm³/mol. The highest BCUT2D eigenvalue weighted by Gasteiger charge is 2.45. The number of nitrogens with two attached hydrogens (primary N) is 1. The van der Waals surface area contributed by atoms with Crippen LogP contribution in [0.5, 0.6) is 11.5 Å². The average Bonchev–Trinajstić information content (AvgIpc) is 3.53. The first-order valence-electron chi connectivity index (χ1n) is 12.3. The van der Waals surface area contributed by atoms with E-state index in [0.29, 0.717) is 34.8 Å². The highest BCUT2D eigenvalue weighted by Crippen LogP contribution is 2.43. The molecule has 0 saturated carbocycles. The van der Waals surface area contributed by atoms with Gasteiger partial charge in [-0.05, 0) is 30.5 Å².